The average molecular weight is 451 g/mol. The molecule has 0 unspecified atom stereocenters. The third kappa shape index (κ3) is 8.49. The quantitative estimate of drug-likeness (QED) is 0.458. The fourth-order valence-electron chi connectivity index (χ4n) is 5.23. The van der Waals surface area contributed by atoms with Gasteiger partial charge in [-0.2, -0.15) is 0 Å². The van der Waals surface area contributed by atoms with Crippen molar-refractivity contribution < 1.29 is 0 Å². The zero-order chi connectivity index (χ0) is 22.6. The zero-order valence-corrected chi connectivity index (χ0v) is 20.1. The summed E-state index contributed by atoms with van der Waals surface area (Å²) < 4.78 is 0. The van der Waals surface area contributed by atoms with Gasteiger partial charge in [-0.1, -0.05) is 57.8 Å². The Kier molecular flexibility index (Phi) is 9.63. The molecule has 4 rings (SSSR count). The fourth-order valence-corrected chi connectivity index (χ4v) is 5.23. The molecule has 1 heterocycles. The molecule has 3 N–H and O–H groups in total. The number of aromatic nitrogens is 3. The SMILES string of the molecule is C(=Cc1nc(C=CNC2CCCCC2)nc(C=CNC2CCCCC2)n1)NC1CCCCC1. The second-order valence-corrected chi connectivity index (χ2v) is 9.91. The molecule has 3 aliphatic rings. The van der Waals surface area contributed by atoms with Gasteiger partial charge < -0.3 is 16.0 Å². The van der Waals surface area contributed by atoms with Gasteiger partial charge in [0.2, 0.25) is 0 Å². The standard InChI is InChI=1S/C27H42N6/c1-4-10-22(11-5-1)28-19-16-25-31-26(17-20-29-23-12-6-2-7-13-23)33-27(32-25)18-21-30-24-14-8-3-9-15-24/h16-24,28-30H,1-15H2. The lowest BCUT2D eigenvalue weighted by Gasteiger charge is -2.21. The second kappa shape index (κ2) is 13.4. The summed E-state index contributed by atoms with van der Waals surface area (Å²) in [5.74, 6) is 2.09. The molecular formula is C27H42N6. The van der Waals surface area contributed by atoms with E-state index in [0.717, 1.165) is 0 Å². The summed E-state index contributed by atoms with van der Waals surface area (Å²) in [4.78, 5) is 14.0. The Labute approximate surface area is 199 Å². The van der Waals surface area contributed by atoms with E-state index in [1.807, 2.05) is 36.8 Å². The van der Waals surface area contributed by atoms with Crippen molar-refractivity contribution in [3.63, 3.8) is 0 Å². The van der Waals surface area contributed by atoms with Crippen LogP contribution in [-0.4, -0.2) is 33.1 Å². The molecular weight excluding hydrogens is 408 g/mol. The maximum Gasteiger partial charge on any atom is 0.158 e. The lowest BCUT2D eigenvalue weighted by Crippen LogP contribution is -2.26. The second-order valence-electron chi connectivity index (χ2n) is 9.91. The van der Waals surface area contributed by atoms with E-state index in [-0.39, 0.29) is 0 Å². The molecule has 33 heavy (non-hydrogen) atoms. The minimum atomic E-state index is 0.579. The van der Waals surface area contributed by atoms with Crippen molar-refractivity contribution in [1.82, 2.24) is 30.9 Å². The topological polar surface area (TPSA) is 74.8 Å². The first-order valence-electron chi connectivity index (χ1n) is 13.4. The summed E-state index contributed by atoms with van der Waals surface area (Å²) in [6.07, 6.45) is 31.6. The van der Waals surface area contributed by atoms with Crippen molar-refractivity contribution in [3.05, 3.63) is 36.1 Å². The molecule has 3 aliphatic carbocycles. The number of hydrogen-bond donors (Lipinski definition) is 3. The normalized spacial score (nSPS) is 21.8. The minimum Gasteiger partial charge on any atom is -0.388 e. The van der Waals surface area contributed by atoms with E-state index in [0.29, 0.717) is 35.6 Å². The molecule has 0 spiro atoms. The first-order valence-corrected chi connectivity index (χ1v) is 13.4. The van der Waals surface area contributed by atoms with Gasteiger partial charge in [0.1, 0.15) is 0 Å². The molecule has 3 fully saturated rings. The van der Waals surface area contributed by atoms with E-state index in [4.69, 9.17) is 0 Å². The molecule has 0 amide bonds. The average Bonchev–Trinajstić information content (AvgIpc) is 2.86. The van der Waals surface area contributed by atoms with Gasteiger partial charge >= 0.3 is 0 Å². The van der Waals surface area contributed by atoms with Gasteiger partial charge in [-0.25, -0.2) is 15.0 Å². The fraction of sp³-hybridized carbons (Fsp3) is 0.667. The van der Waals surface area contributed by atoms with Crippen LogP contribution in [0.25, 0.3) is 18.2 Å². The number of rotatable bonds is 9. The molecule has 0 aliphatic heterocycles. The third-order valence-electron chi connectivity index (χ3n) is 7.20. The molecule has 6 heteroatoms. The Balaban J connectivity index is 1.40. The summed E-state index contributed by atoms with van der Waals surface area (Å²) in [5.41, 5.74) is 0. The Hall–Kier alpha value is -2.37. The van der Waals surface area contributed by atoms with Gasteiger partial charge in [0, 0.05) is 36.7 Å². The molecule has 0 aromatic carbocycles. The first-order chi connectivity index (χ1) is 16.3. The molecule has 3 saturated carbocycles. The van der Waals surface area contributed by atoms with Gasteiger partial charge in [-0.15, -0.1) is 0 Å². The summed E-state index contributed by atoms with van der Waals surface area (Å²) in [5, 5.41) is 10.6. The number of nitrogens with zero attached hydrogens (tertiary/aromatic N) is 3. The molecule has 6 nitrogen and oxygen atoms in total. The van der Waals surface area contributed by atoms with Crippen LogP contribution >= 0.6 is 0 Å². The molecule has 0 atom stereocenters. The van der Waals surface area contributed by atoms with Crippen LogP contribution in [0.1, 0.15) is 114 Å². The van der Waals surface area contributed by atoms with Crippen molar-refractivity contribution in [3.8, 4) is 0 Å². The van der Waals surface area contributed by atoms with E-state index < -0.39 is 0 Å². The molecule has 0 saturated heterocycles. The highest BCUT2D eigenvalue weighted by molar-refractivity contribution is 5.49. The molecule has 0 radical (unpaired) electrons. The Morgan fingerprint density at radius 1 is 0.424 bits per heavy atom. The third-order valence-corrected chi connectivity index (χ3v) is 7.20. The Bertz CT molecular complexity index is 667. The highest BCUT2D eigenvalue weighted by Gasteiger charge is 2.13. The van der Waals surface area contributed by atoms with E-state index in [2.05, 4.69) is 30.9 Å². The van der Waals surface area contributed by atoms with Gasteiger partial charge in [0.15, 0.2) is 17.5 Å². The van der Waals surface area contributed by atoms with Crippen LogP contribution in [0.2, 0.25) is 0 Å². The molecule has 180 valence electrons. The highest BCUT2D eigenvalue weighted by atomic mass is 15.0. The predicted octanol–water partition coefficient (Wildman–Crippen LogP) is 5.55. The molecule has 1 aromatic heterocycles. The summed E-state index contributed by atoms with van der Waals surface area (Å²) in [6, 6.07) is 1.74. The number of hydrogen-bond acceptors (Lipinski definition) is 6. The van der Waals surface area contributed by atoms with Crippen molar-refractivity contribution >= 4 is 18.2 Å². The lowest BCUT2D eigenvalue weighted by atomic mass is 9.96. The van der Waals surface area contributed by atoms with Crippen LogP contribution in [0.3, 0.4) is 0 Å². The first kappa shape index (κ1) is 23.8. The Morgan fingerprint density at radius 2 is 0.697 bits per heavy atom. The van der Waals surface area contributed by atoms with Gasteiger partial charge in [-0.05, 0) is 56.8 Å². The van der Waals surface area contributed by atoms with E-state index in [1.54, 1.807) is 0 Å². The zero-order valence-electron chi connectivity index (χ0n) is 20.1. The van der Waals surface area contributed by atoms with E-state index >= 15 is 0 Å². The van der Waals surface area contributed by atoms with Crippen LogP contribution in [0.15, 0.2) is 18.6 Å². The smallest absolute Gasteiger partial charge is 0.158 e. The molecule has 1 aromatic rings. The largest absolute Gasteiger partial charge is 0.388 e. The van der Waals surface area contributed by atoms with Crippen molar-refractivity contribution in [2.75, 3.05) is 0 Å². The van der Waals surface area contributed by atoms with Crippen LogP contribution in [0.4, 0.5) is 0 Å². The monoisotopic (exact) mass is 450 g/mol. The van der Waals surface area contributed by atoms with Gasteiger partial charge in [0.25, 0.3) is 0 Å². The van der Waals surface area contributed by atoms with Crippen molar-refractivity contribution in [2.45, 2.75) is 114 Å². The van der Waals surface area contributed by atoms with Gasteiger partial charge in [-0.3, -0.25) is 0 Å². The summed E-state index contributed by atoms with van der Waals surface area (Å²) >= 11 is 0. The maximum absolute atomic E-state index is 4.67. The lowest BCUT2D eigenvalue weighted by molar-refractivity contribution is 0.405. The Morgan fingerprint density at radius 3 is 0.970 bits per heavy atom. The van der Waals surface area contributed by atoms with Crippen molar-refractivity contribution in [1.29, 1.82) is 0 Å². The van der Waals surface area contributed by atoms with E-state index in [1.165, 1.54) is 96.3 Å². The van der Waals surface area contributed by atoms with Crippen LogP contribution in [0, 0.1) is 0 Å². The predicted molar refractivity (Wildman–Crippen MR) is 137 cm³/mol. The highest BCUT2D eigenvalue weighted by Crippen LogP contribution is 2.19. The maximum atomic E-state index is 4.67. The van der Waals surface area contributed by atoms with Crippen molar-refractivity contribution in [2.24, 2.45) is 0 Å². The van der Waals surface area contributed by atoms with Gasteiger partial charge in [0.05, 0.1) is 0 Å². The van der Waals surface area contributed by atoms with E-state index in [9.17, 15) is 0 Å². The summed E-state index contributed by atoms with van der Waals surface area (Å²) in [6.45, 7) is 0. The van der Waals surface area contributed by atoms with Crippen LogP contribution < -0.4 is 16.0 Å². The molecule has 0 bridgehead atoms. The summed E-state index contributed by atoms with van der Waals surface area (Å²) in [7, 11) is 0. The number of nitrogens with one attached hydrogen (secondary N) is 3. The minimum absolute atomic E-state index is 0.579. The van der Waals surface area contributed by atoms with Crippen LogP contribution in [-0.2, 0) is 0 Å². The van der Waals surface area contributed by atoms with Crippen LogP contribution in [0.5, 0.6) is 0 Å².